The van der Waals surface area contributed by atoms with Gasteiger partial charge in [0.15, 0.2) is 0 Å². The molecule has 78 valence electrons. The topological polar surface area (TPSA) is 30.2 Å². The zero-order valence-corrected chi connectivity index (χ0v) is 8.96. The first-order valence-electron chi connectivity index (χ1n) is 5.19. The maximum Gasteiger partial charge on any atom is 0.137 e. The zero-order valence-electron chi connectivity index (χ0n) is 8.96. The van der Waals surface area contributed by atoms with Crippen LogP contribution >= 0.6 is 0 Å². The minimum atomic E-state index is 0.979. The molecule has 3 aromatic rings. The van der Waals surface area contributed by atoms with Gasteiger partial charge in [-0.05, 0) is 36.8 Å². The molecule has 0 saturated carbocycles. The Morgan fingerprint density at radius 1 is 1.12 bits per heavy atom. The number of nitrogens with zero attached hydrogens (tertiary/aromatic N) is 3. The third-order valence-electron chi connectivity index (χ3n) is 2.59. The molecule has 0 amide bonds. The third kappa shape index (κ3) is 1.46. The van der Waals surface area contributed by atoms with E-state index in [9.17, 15) is 0 Å². The van der Waals surface area contributed by atoms with Gasteiger partial charge in [0.25, 0.3) is 0 Å². The zero-order chi connectivity index (χ0) is 11.0. The number of aromatic nitrogens is 3. The highest BCUT2D eigenvalue weighted by Crippen LogP contribution is 2.18. The summed E-state index contributed by atoms with van der Waals surface area (Å²) in [4.78, 5) is 8.58. The molecule has 0 N–H and O–H groups in total. The van der Waals surface area contributed by atoms with Crippen LogP contribution in [0.25, 0.3) is 16.9 Å². The number of pyridine rings is 2. The van der Waals surface area contributed by atoms with E-state index >= 15 is 0 Å². The average Bonchev–Trinajstić information content (AvgIpc) is 2.73. The quantitative estimate of drug-likeness (QED) is 0.616. The van der Waals surface area contributed by atoms with E-state index in [1.165, 1.54) is 5.56 Å². The summed E-state index contributed by atoms with van der Waals surface area (Å²) in [7, 11) is 0. The van der Waals surface area contributed by atoms with Crippen LogP contribution in [0.1, 0.15) is 5.56 Å². The highest BCUT2D eigenvalue weighted by atomic mass is 15.0. The Balaban J connectivity index is 2.19. The summed E-state index contributed by atoms with van der Waals surface area (Å²) in [6.45, 7) is 2.07. The van der Waals surface area contributed by atoms with E-state index in [1.807, 2.05) is 28.9 Å². The van der Waals surface area contributed by atoms with Crippen molar-refractivity contribution in [2.45, 2.75) is 6.92 Å². The SMILES string of the molecule is Cc1ccn2cc(-c3ccncc3)nc2c1. The fourth-order valence-electron chi connectivity index (χ4n) is 1.75. The monoisotopic (exact) mass is 209 g/mol. The van der Waals surface area contributed by atoms with Crippen molar-refractivity contribution in [3.05, 3.63) is 54.6 Å². The average molecular weight is 209 g/mol. The summed E-state index contributed by atoms with van der Waals surface area (Å²) in [5.74, 6) is 0. The molecule has 0 aliphatic rings. The normalized spacial score (nSPS) is 10.8. The van der Waals surface area contributed by atoms with Crippen LogP contribution in [-0.4, -0.2) is 14.4 Å². The number of hydrogen-bond donors (Lipinski definition) is 0. The first-order valence-corrected chi connectivity index (χ1v) is 5.19. The molecule has 3 heterocycles. The summed E-state index contributed by atoms with van der Waals surface area (Å²) in [6.07, 6.45) is 7.63. The van der Waals surface area contributed by atoms with Gasteiger partial charge in [0.1, 0.15) is 5.65 Å². The van der Waals surface area contributed by atoms with Gasteiger partial charge in [0.05, 0.1) is 5.69 Å². The van der Waals surface area contributed by atoms with Gasteiger partial charge in [-0.3, -0.25) is 4.98 Å². The molecule has 3 heteroatoms. The molecule has 0 saturated heterocycles. The molecule has 0 aliphatic heterocycles. The fraction of sp³-hybridized carbons (Fsp3) is 0.0769. The summed E-state index contributed by atoms with van der Waals surface area (Å²) < 4.78 is 2.03. The lowest BCUT2D eigenvalue weighted by Crippen LogP contribution is -1.81. The Morgan fingerprint density at radius 3 is 2.75 bits per heavy atom. The van der Waals surface area contributed by atoms with Crippen molar-refractivity contribution in [3.63, 3.8) is 0 Å². The lowest BCUT2D eigenvalue weighted by atomic mass is 10.2. The standard InChI is InChI=1S/C13H11N3/c1-10-4-7-16-9-12(15-13(16)8-10)11-2-5-14-6-3-11/h2-9H,1H3. The van der Waals surface area contributed by atoms with E-state index in [1.54, 1.807) is 12.4 Å². The molecule has 0 aliphatic carbocycles. The predicted molar refractivity (Wildman–Crippen MR) is 63.2 cm³/mol. The van der Waals surface area contributed by atoms with Crippen molar-refractivity contribution in [1.29, 1.82) is 0 Å². The van der Waals surface area contributed by atoms with Crippen molar-refractivity contribution in [2.75, 3.05) is 0 Å². The van der Waals surface area contributed by atoms with Gasteiger partial charge in [0.2, 0.25) is 0 Å². The second kappa shape index (κ2) is 3.45. The number of aryl methyl sites for hydroxylation is 1. The molecular weight excluding hydrogens is 198 g/mol. The second-order valence-corrected chi connectivity index (χ2v) is 3.83. The number of rotatable bonds is 1. The predicted octanol–water partition coefficient (Wildman–Crippen LogP) is 2.70. The van der Waals surface area contributed by atoms with Crippen molar-refractivity contribution in [1.82, 2.24) is 14.4 Å². The van der Waals surface area contributed by atoms with Gasteiger partial charge >= 0.3 is 0 Å². The summed E-state index contributed by atoms with van der Waals surface area (Å²) in [6, 6.07) is 8.08. The highest BCUT2D eigenvalue weighted by molar-refractivity contribution is 5.62. The molecule has 0 unspecified atom stereocenters. The lowest BCUT2D eigenvalue weighted by Gasteiger charge is -1.92. The number of hydrogen-bond acceptors (Lipinski definition) is 2. The van der Waals surface area contributed by atoms with E-state index in [4.69, 9.17) is 0 Å². The smallest absolute Gasteiger partial charge is 0.137 e. The molecule has 0 bridgehead atoms. The van der Waals surface area contributed by atoms with E-state index < -0.39 is 0 Å². The molecule has 3 rings (SSSR count). The maximum atomic E-state index is 4.58. The number of fused-ring (bicyclic) bond motifs is 1. The molecule has 16 heavy (non-hydrogen) atoms. The Kier molecular flexibility index (Phi) is 1.96. The largest absolute Gasteiger partial charge is 0.306 e. The van der Waals surface area contributed by atoms with E-state index in [-0.39, 0.29) is 0 Å². The maximum absolute atomic E-state index is 4.58. The van der Waals surface area contributed by atoms with Gasteiger partial charge in [-0.2, -0.15) is 0 Å². The Hall–Kier alpha value is -2.16. The first-order chi connectivity index (χ1) is 7.83. The van der Waals surface area contributed by atoms with Crippen LogP contribution in [0.4, 0.5) is 0 Å². The van der Waals surface area contributed by atoms with Crippen molar-refractivity contribution in [3.8, 4) is 11.3 Å². The number of imidazole rings is 1. The van der Waals surface area contributed by atoms with Crippen LogP contribution in [0.15, 0.2) is 49.1 Å². The molecular formula is C13H11N3. The molecule has 0 spiro atoms. The van der Waals surface area contributed by atoms with Crippen molar-refractivity contribution in [2.24, 2.45) is 0 Å². The van der Waals surface area contributed by atoms with Crippen LogP contribution in [0.3, 0.4) is 0 Å². The summed E-state index contributed by atoms with van der Waals surface area (Å²) in [5.41, 5.74) is 4.27. The van der Waals surface area contributed by atoms with Crippen LogP contribution < -0.4 is 0 Å². The molecule has 0 radical (unpaired) electrons. The molecule has 0 fully saturated rings. The molecule has 0 aromatic carbocycles. The molecule has 3 nitrogen and oxygen atoms in total. The van der Waals surface area contributed by atoms with Crippen LogP contribution in [0.2, 0.25) is 0 Å². The van der Waals surface area contributed by atoms with Crippen molar-refractivity contribution >= 4 is 5.65 Å². The second-order valence-electron chi connectivity index (χ2n) is 3.83. The van der Waals surface area contributed by atoms with Gasteiger partial charge in [-0.1, -0.05) is 0 Å². The minimum absolute atomic E-state index is 0.979. The summed E-state index contributed by atoms with van der Waals surface area (Å²) in [5, 5.41) is 0. The van der Waals surface area contributed by atoms with Gasteiger partial charge in [0, 0.05) is 30.4 Å². The van der Waals surface area contributed by atoms with Crippen molar-refractivity contribution < 1.29 is 0 Å². The van der Waals surface area contributed by atoms with E-state index in [0.717, 1.165) is 16.9 Å². The first kappa shape index (κ1) is 9.09. The van der Waals surface area contributed by atoms with E-state index in [2.05, 4.69) is 29.0 Å². The lowest BCUT2D eigenvalue weighted by molar-refractivity contribution is 1.17. The molecule has 0 atom stereocenters. The van der Waals surface area contributed by atoms with Gasteiger partial charge < -0.3 is 4.40 Å². The van der Waals surface area contributed by atoms with Gasteiger partial charge in [-0.25, -0.2) is 4.98 Å². The highest BCUT2D eigenvalue weighted by Gasteiger charge is 2.03. The Labute approximate surface area is 93.4 Å². The van der Waals surface area contributed by atoms with Crippen LogP contribution in [0, 0.1) is 6.92 Å². The summed E-state index contributed by atoms with van der Waals surface area (Å²) >= 11 is 0. The van der Waals surface area contributed by atoms with Gasteiger partial charge in [-0.15, -0.1) is 0 Å². The molecule has 3 aromatic heterocycles. The van der Waals surface area contributed by atoms with E-state index in [0.29, 0.717) is 0 Å². The fourth-order valence-corrected chi connectivity index (χ4v) is 1.75. The van der Waals surface area contributed by atoms with Crippen LogP contribution in [0.5, 0.6) is 0 Å². The van der Waals surface area contributed by atoms with Crippen LogP contribution in [-0.2, 0) is 0 Å². The minimum Gasteiger partial charge on any atom is -0.306 e. The Bertz CT molecular complexity index is 626. The Morgan fingerprint density at radius 2 is 1.94 bits per heavy atom. The third-order valence-corrected chi connectivity index (χ3v) is 2.59.